The van der Waals surface area contributed by atoms with E-state index in [2.05, 4.69) is 37.5 Å². The van der Waals surface area contributed by atoms with E-state index in [1.54, 1.807) is 13.3 Å². The molecule has 32 heavy (non-hydrogen) atoms. The SMILES string of the molecule is C=N/C(Cl)=N\C=C(/C)c1cc2c(cc1OC)-c1cc(=O)c(C(=O)O)cn1C(C(C)(C)C)C2. The van der Waals surface area contributed by atoms with Crippen molar-refractivity contribution < 1.29 is 14.6 Å². The lowest BCUT2D eigenvalue weighted by atomic mass is 9.78. The fraction of sp³-hybridized carbons (Fsp3) is 0.333. The summed E-state index contributed by atoms with van der Waals surface area (Å²) in [5.41, 5.74) is 3.26. The molecule has 1 N–H and O–H groups in total. The highest BCUT2D eigenvalue weighted by Gasteiger charge is 2.34. The van der Waals surface area contributed by atoms with Crippen LogP contribution in [0.1, 0.15) is 55.2 Å². The number of aromatic carboxylic acids is 1. The van der Waals surface area contributed by atoms with E-state index in [0.717, 1.165) is 22.3 Å². The summed E-state index contributed by atoms with van der Waals surface area (Å²) in [7, 11) is 1.57. The summed E-state index contributed by atoms with van der Waals surface area (Å²) >= 11 is 5.83. The third-order valence-corrected chi connectivity index (χ3v) is 5.90. The average Bonchev–Trinajstić information content (AvgIpc) is 2.74. The number of methoxy groups -OCH3 is 1. The Hall–Kier alpha value is -3.19. The molecular formula is C24H26ClN3O4. The van der Waals surface area contributed by atoms with E-state index in [9.17, 15) is 14.7 Å². The maximum atomic E-state index is 12.5. The molecule has 0 spiro atoms. The van der Waals surface area contributed by atoms with Gasteiger partial charge in [-0.15, -0.1) is 0 Å². The van der Waals surface area contributed by atoms with E-state index in [4.69, 9.17) is 16.3 Å². The molecular weight excluding hydrogens is 430 g/mol. The normalized spacial score (nSPS) is 16.2. The van der Waals surface area contributed by atoms with Crippen LogP contribution in [-0.4, -0.2) is 34.8 Å². The highest BCUT2D eigenvalue weighted by Crippen LogP contribution is 2.45. The van der Waals surface area contributed by atoms with Crippen LogP contribution in [0.4, 0.5) is 0 Å². The minimum atomic E-state index is -1.23. The van der Waals surface area contributed by atoms with Crippen molar-refractivity contribution in [3.8, 4) is 17.0 Å². The van der Waals surface area contributed by atoms with Gasteiger partial charge < -0.3 is 14.4 Å². The summed E-state index contributed by atoms with van der Waals surface area (Å²) in [6.07, 6.45) is 3.72. The van der Waals surface area contributed by atoms with E-state index in [1.165, 1.54) is 12.3 Å². The first kappa shape index (κ1) is 23.5. The fourth-order valence-electron chi connectivity index (χ4n) is 3.98. The predicted octanol–water partition coefficient (Wildman–Crippen LogP) is 5.02. The van der Waals surface area contributed by atoms with Gasteiger partial charge >= 0.3 is 5.97 Å². The largest absolute Gasteiger partial charge is 0.496 e. The van der Waals surface area contributed by atoms with Crippen molar-refractivity contribution >= 4 is 35.2 Å². The molecule has 0 aliphatic carbocycles. The van der Waals surface area contributed by atoms with Crippen molar-refractivity contribution in [2.45, 2.75) is 40.2 Å². The van der Waals surface area contributed by atoms with Gasteiger partial charge in [-0.25, -0.2) is 14.8 Å². The number of carboxylic acids is 1. The highest BCUT2D eigenvalue weighted by atomic mass is 35.5. The first-order valence-electron chi connectivity index (χ1n) is 10.1. The first-order valence-corrected chi connectivity index (χ1v) is 10.4. The number of rotatable bonds is 4. The van der Waals surface area contributed by atoms with Crippen molar-refractivity contribution in [1.82, 2.24) is 4.57 Å². The summed E-state index contributed by atoms with van der Waals surface area (Å²) < 4.78 is 7.54. The average molecular weight is 456 g/mol. The van der Waals surface area contributed by atoms with Crippen molar-refractivity contribution in [3.63, 3.8) is 0 Å². The number of fused-ring (bicyclic) bond motifs is 3. The number of hydrogen-bond acceptors (Lipinski definition) is 4. The summed E-state index contributed by atoms with van der Waals surface area (Å²) in [6, 6.07) is 5.26. The molecule has 1 aliphatic rings. The predicted molar refractivity (Wildman–Crippen MR) is 128 cm³/mol. The third kappa shape index (κ3) is 4.39. The molecule has 0 bridgehead atoms. The molecule has 3 rings (SSSR count). The van der Waals surface area contributed by atoms with Crippen LogP contribution in [0, 0.1) is 5.41 Å². The molecule has 0 fully saturated rings. The second kappa shape index (κ2) is 8.74. The zero-order valence-electron chi connectivity index (χ0n) is 18.8. The Morgan fingerprint density at radius 1 is 1.31 bits per heavy atom. The molecule has 8 heteroatoms. The number of ether oxygens (including phenoxy) is 1. The molecule has 0 radical (unpaired) electrons. The lowest BCUT2D eigenvalue weighted by Gasteiger charge is -2.39. The van der Waals surface area contributed by atoms with Crippen LogP contribution in [0.25, 0.3) is 16.8 Å². The van der Waals surface area contributed by atoms with Gasteiger partial charge in [0, 0.05) is 35.6 Å². The van der Waals surface area contributed by atoms with Gasteiger partial charge in [-0.1, -0.05) is 20.8 Å². The zero-order chi connectivity index (χ0) is 23.8. The van der Waals surface area contributed by atoms with Gasteiger partial charge in [0.2, 0.25) is 5.29 Å². The summed E-state index contributed by atoms with van der Waals surface area (Å²) in [6.45, 7) is 11.5. The molecule has 2 aromatic rings. The standard InChI is InChI=1S/C24H26ClN3O4/c1-13(11-27-23(25)26-5)15-7-14-8-21(24(2,3)4)28-12-17(22(30)31)19(29)10-18(28)16(14)9-20(15)32-6/h7,9-12,21H,5,8H2,1-4,6H3,(H,30,31)/b13-11+,27-23-. The Kier molecular flexibility index (Phi) is 6.41. The first-order chi connectivity index (χ1) is 15.0. The van der Waals surface area contributed by atoms with Gasteiger partial charge in [-0.2, -0.15) is 0 Å². The number of amidine groups is 1. The Bertz CT molecular complexity index is 1220. The second-order valence-electron chi connectivity index (χ2n) is 8.81. The van der Waals surface area contributed by atoms with Gasteiger partial charge in [0.05, 0.1) is 12.8 Å². The van der Waals surface area contributed by atoms with E-state index in [0.29, 0.717) is 17.9 Å². The summed E-state index contributed by atoms with van der Waals surface area (Å²) in [5.74, 6) is -0.628. The number of pyridine rings is 1. The number of benzene rings is 1. The van der Waals surface area contributed by atoms with Crippen molar-refractivity contribution in [2.24, 2.45) is 15.4 Å². The van der Waals surface area contributed by atoms with Gasteiger partial charge in [0.25, 0.3) is 0 Å². The van der Waals surface area contributed by atoms with E-state index in [1.807, 2.05) is 23.6 Å². The number of aliphatic imine (C=N–C) groups is 2. The monoisotopic (exact) mass is 455 g/mol. The number of carboxylic acid groups (broad SMARTS) is 1. The molecule has 2 heterocycles. The number of halogens is 1. The maximum Gasteiger partial charge on any atom is 0.341 e. The summed E-state index contributed by atoms with van der Waals surface area (Å²) in [5, 5.41) is 9.51. The van der Waals surface area contributed by atoms with Crippen molar-refractivity contribution in [2.75, 3.05) is 7.11 Å². The molecule has 1 unspecified atom stereocenters. The third-order valence-electron chi connectivity index (χ3n) is 5.68. The lowest BCUT2D eigenvalue weighted by molar-refractivity contribution is 0.0693. The lowest BCUT2D eigenvalue weighted by Crippen LogP contribution is -2.32. The Balaban J connectivity index is 2.28. The number of nitrogens with zero attached hydrogens (tertiary/aromatic N) is 3. The quantitative estimate of drug-likeness (QED) is 0.398. The summed E-state index contributed by atoms with van der Waals surface area (Å²) in [4.78, 5) is 31.8. The van der Waals surface area contributed by atoms with Crippen molar-refractivity contribution in [3.05, 3.63) is 57.5 Å². The topological polar surface area (TPSA) is 93.2 Å². The van der Waals surface area contributed by atoms with Crippen LogP contribution in [0.2, 0.25) is 0 Å². The fourth-order valence-corrected chi connectivity index (χ4v) is 4.03. The van der Waals surface area contributed by atoms with Gasteiger partial charge in [0.1, 0.15) is 11.3 Å². The highest BCUT2D eigenvalue weighted by molar-refractivity contribution is 6.65. The number of carbonyl (C=O) groups is 1. The smallest absolute Gasteiger partial charge is 0.341 e. The minimum absolute atomic E-state index is 0.0385. The molecule has 1 aromatic heterocycles. The van der Waals surface area contributed by atoms with Crippen LogP contribution in [0.3, 0.4) is 0 Å². The van der Waals surface area contributed by atoms with Gasteiger partial charge in [-0.05, 0) is 60.3 Å². The molecule has 1 aliphatic heterocycles. The number of aromatic nitrogens is 1. The molecule has 0 amide bonds. The maximum absolute atomic E-state index is 12.5. The van der Waals surface area contributed by atoms with E-state index >= 15 is 0 Å². The van der Waals surface area contributed by atoms with Crippen molar-refractivity contribution in [1.29, 1.82) is 0 Å². The van der Waals surface area contributed by atoms with Crippen LogP contribution in [0.5, 0.6) is 5.75 Å². The second-order valence-corrected chi connectivity index (χ2v) is 9.15. The Morgan fingerprint density at radius 2 is 2.00 bits per heavy atom. The van der Waals surface area contributed by atoms with Crippen LogP contribution < -0.4 is 10.2 Å². The van der Waals surface area contributed by atoms with Gasteiger partial charge in [-0.3, -0.25) is 4.79 Å². The molecule has 1 atom stereocenters. The molecule has 0 saturated heterocycles. The Labute approximate surface area is 191 Å². The van der Waals surface area contributed by atoms with Crippen LogP contribution >= 0.6 is 11.6 Å². The number of hydrogen-bond donors (Lipinski definition) is 1. The van der Waals surface area contributed by atoms with Gasteiger partial charge in [0.15, 0.2) is 5.43 Å². The van der Waals surface area contributed by atoms with Crippen LogP contribution in [-0.2, 0) is 6.42 Å². The minimum Gasteiger partial charge on any atom is -0.496 e. The molecule has 0 saturated carbocycles. The molecule has 7 nitrogen and oxygen atoms in total. The number of allylic oxidation sites excluding steroid dienone is 1. The molecule has 1 aromatic carbocycles. The van der Waals surface area contributed by atoms with E-state index < -0.39 is 11.4 Å². The molecule has 168 valence electrons. The Morgan fingerprint density at radius 3 is 2.56 bits per heavy atom. The van der Waals surface area contributed by atoms with Crippen LogP contribution in [0.15, 0.2) is 45.4 Å². The zero-order valence-corrected chi connectivity index (χ0v) is 19.5. The van der Waals surface area contributed by atoms with E-state index in [-0.39, 0.29) is 22.3 Å².